The van der Waals surface area contributed by atoms with Gasteiger partial charge in [0.05, 0.1) is 0 Å². The van der Waals surface area contributed by atoms with Crippen LogP contribution in [0.5, 0.6) is 0 Å². The molecule has 26 heavy (non-hydrogen) atoms. The predicted molar refractivity (Wildman–Crippen MR) is 113 cm³/mol. The smallest absolute Gasteiger partial charge is 0.0135 e. The zero-order chi connectivity index (χ0) is 19.4. The maximum Gasteiger partial charge on any atom is 0.0135 e. The van der Waals surface area contributed by atoms with Gasteiger partial charge in [-0.1, -0.05) is 24.3 Å². The van der Waals surface area contributed by atoms with Crippen LogP contribution in [0, 0.1) is 0 Å². The van der Waals surface area contributed by atoms with Crippen molar-refractivity contribution in [2.24, 2.45) is 0 Å². The van der Waals surface area contributed by atoms with Gasteiger partial charge in [-0.05, 0) is 104 Å². The Morgan fingerprint density at radius 3 is 1.23 bits per heavy atom. The second-order valence-corrected chi connectivity index (χ2v) is 11.7. The van der Waals surface area contributed by atoms with Crippen LogP contribution in [0.1, 0.15) is 104 Å². The van der Waals surface area contributed by atoms with E-state index in [1.54, 1.807) is 11.1 Å². The molecule has 0 unspecified atom stereocenters. The summed E-state index contributed by atoms with van der Waals surface area (Å²) < 4.78 is 0. The SMILES string of the molecule is CC1(C)CC(c2cccc(C3CC(C)(C)NC(C)(C)C3)c2)CC(C)(C)N1. The van der Waals surface area contributed by atoms with Gasteiger partial charge in [0.15, 0.2) is 0 Å². The largest absolute Gasteiger partial charge is 0.307 e. The van der Waals surface area contributed by atoms with Gasteiger partial charge in [0.25, 0.3) is 0 Å². The van der Waals surface area contributed by atoms with Gasteiger partial charge in [-0.15, -0.1) is 0 Å². The topological polar surface area (TPSA) is 24.1 Å². The number of hydrogen-bond donors (Lipinski definition) is 2. The van der Waals surface area contributed by atoms with Crippen LogP contribution in [0.4, 0.5) is 0 Å². The normalized spacial score (nSPS) is 28.0. The minimum absolute atomic E-state index is 0.196. The standard InChI is InChI=1S/C24H40N2/c1-21(2)13-19(14-22(3,4)25-21)17-10-9-11-18(12-17)20-15-23(5,6)26-24(7,8)16-20/h9-12,19-20,25-26H,13-16H2,1-8H3. The Morgan fingerprint density at radius 2 is 0.923 bits per heavy atom. The molecule has 0 saturated carbocycles. The van der Waals surface area contributed by atoms with Crippen LogP contribution < -0.4 is 10.6 Å². The molecule has 0 aliphatic carbocycles. The van der Waals surface area contributed by atoms with Gasteiger partial charge in [-0.3, -0.25) is 0 Å². The van der Waals surface area contributed by atoms with Crippen LogP contribution in [0.3, 0.4) is 0 Å². The van der Waals surface area contributed by atoms with Crippen LogP contribution in [0.15, 0.2) is 24.3 Å². The van der Waals surface area contributed by atoms with Gasteiger partial charge in [0.2, 0.25) is 0 Å². The molecule has 3 rings (SSSR count). The molecule has 2 saturated heterocycles. The van der Waals surface area contributed by atoms with Crippen LogP contribution in [-0.4, -0.2) is 22.2 Å². The number of nitrogens with one attached hydrogen (secondary N) is 2. The van der Waals surface area contributed by atoms with Gasteiger partial charge in [0, 0.05) is 22.2 Å². The summed E-state index contributed by atoms with van der Waals surface area (Å²) in [4.78, 5) is 0. The summed E-state index contributed by atoms with van der Waals surface area (Å²) in [6, 6.07) is 9.56. The van der Waals surface area contributed by atoms with Gasteiger partial charge in [0.1, 0.15) is 0 Å². The molecule has 146 valence electrons. The maximum absolute atomic E-state index is 3.82. The van der Waals surface area contributed by atoms with E-state index in [0.717, 1.165) is 0 Å². The lowest BCUT2D eigenvalue weighted by molar-refractivity contribution is 0.160. The lowest BCUT2D eigenvalue weighted by atomic mass is 9.71. The van der Waals surface area contributed by atoms with Crippen LogP contribution in [0.25, 0.3) is 0 Å². The Hall–Kier alpha value is -0.860. The van der Waals surface area contributed by atoms with Crippen molar-refractivity contribution in [1.82, 2.24) is 10.6 Å². The average molecular weight is 357 g/mol. The highest BCUT2D eigenvalue weighted by atomic mass is 15.1. The van der Waals surface area contributed by atoms with Gasteiger partial charge >= 0.3 is 0 Å². The lowest BCUT2D eigenvalue weighted by Crippen LogP contribution is -2.57. The number of piperidine rings is 2. The molecular formula is C24H40N2. The van der Waals surface area contributed by atoms with E-state index in [0.29, 0.717) is 11.8 Å². The molecule has 0 atom stereocenters. The summed E-state index contributed by atoms with van der Waals surface area (Å²) in [5.74, 6) is 1.29. The quantitative estimate of drug-likeness (QED) is 0.706. The Balaban J connectivity index is 1.87. The molecule has 2 N–H and O–H groups in total. The fourth-order valence-electron chi connectivity index (χ4n) is 6.18. The first-order valence-electron chi connectivity index (χ1n) is 10.4. The lowest BCUT2D eigenvalue weighted by Gasteiger charge is -2.47. The third-order valence-electron chi connectivity index (χ3n) is 6.23. The van der Waals surface area contributed by atoms with E-state index in [-0.39, 0.29) is 22.2 Å². The van der Waals surface area contributed by atoms with Crippen molar-refractivity contribution in [3.8, 4) is 0 Å². The summed E-state index contributed by atoms with van der Waals surface area (Å²) in [7, 11) is 0. The van der Waals surface area contributed by atoms with Crippen LogP contribution >= 0.6 is 0 Å². The zero-order valence-corrected chi connectivity index (χ0v) is 18.3. The summed E-state index contributed by atoms with van der Waals surface area (Å²) in [6.07, 6.45) is 4.85. The van der Waals surface area contributed by atoms with Crippen molar-refractivity contribution < 1.29 is 0 Å². The summed E-state index contributed by atoms with van der Waals surface area (Å²) >= 11 is 0. The number of hydrogen-bond acceptors (Lipinski definition) is 2. The molecule has 2 heterocycles. The molecule has 0 amide bonds. The highest BCUT2D eigenvalue weighted by Crippen LogP contribution is 2.42. The summed E-state index contributed by atoms with van der Waals surface area (Å²) in [5, 5.41) is 7.65. The predicted octanol–water partition coefficient (Wildman–Crippen LogP) is 5.74. The third-order valence-corrected chi connectivity index (χ3v) is 6.23. The molecule has 2 fully saturated rings. The Morgan fingerprint density at radius 1 is 0.615 bits per heavy atom. The second-order valence-electron chi connectivity index (χ2n) is 11.7. The molecule has 0 aromatic heterocycles. The first kappa shape index (κ1) is 19.9. The summed E-state index contributed by atoms with van der Waals surface area (Å²) in [5.41, 5.74) is 3.86. The highest BCUT2D eigenvalue weighted by molar-refractivity contribution is 5.31. The van der Waals surface area contributed by atoms with Crippen LogP contribution in [0.2, 0.25) is 0 Å². The minimum Gasteiger partial charge on any atom is -0.307 e. The monoisotopic (exact) mass is 356 g/mol. The third kappa shape index (κ3) is 4.70. The van der Waals surface area contributed by atoms with Crippen molar-refractivity contribution in [2.75, 3.05) is 0 Å². The number of benzene rings is 1. The van der Waals surface area contributed by atoms with Crippen molar-refractivity contribution in [3.05, 3.63) is 35.4 Å². The zero-order valence-electron chi connectivity index (χ0n) is 18.3. The molecule has 2 aliphatic rings. The Labute approximate surface area is 161 Å². The van der Waals surface area contributed by atoms with Crippen molar-refractivity contribution in [3.63, 3.8) is 0 Å². The molecule has 0 spiro atoms. The Kier molecular flexibility index (Phi) is 4.85. The first-order chi connectivity index (χ1) is 11.8. The fourth-order valence-corrected chi connectivity index (χ4v) is 6.18. The molecule has 2 aliphatic heterocycles. The average Bonchev–Trinajstić information content (AvgIpc) is 2.41. The fraction of sp³-hybridized carbons (Fsp3) is 0.750. The molecule has 0 radical (unpaired) electrons. The van der Waals surface area contributed by atoms with E-state index in [9.17, 15) is 0 Å². The van der Waals surface area contributed by atoms with E-state index < -0.39 is 0 Å². The first-order valence-corrected chi connectivity index (χ1v) is 10.4. The highest BCUT2D eigenvalue weighted by Gasteiger charge is 2.40. The molecule has 2 nitrogen and oxygen atoms in total. The van der Waals surface area contributed by atoms with Crippen LogP contribution in [-0.2, 0) is 0 Å². The van der Waals surface area contributed by atoms with E-state index in [2.05, 4.69) is 90.3 Å². The minimum atomic E-state index is 0.196. The molecule has 1 aromatic carbocycles. The van der Waals surface area contributed by atoms with Gasteiger partial charge in [-0.25, -0.2) is 0 Å². The molecular weight excluding hydrogens is 316 g/mol. The van der Waals surface area contributed by atoms with E-state index in [1.165, 1.54) is 25.7 Å². The van der Waals surface area contributed by atoms with E-state index >= 15 is 0 Å². The maximum atomic E-state index is 3.82. The van der Waals surface area contributed by atoms with Crippen molar-refractivity contribution in [1.29, 1.82) is 0 Å². The molecule has 0 bridgehead atoms. The Bertz CT molecular complexity index is 569. The van der Waals surface area contributed by atoms with Crippen molar-refractivity contribution >= 4 is 0 Å². The van der Waals surface area contributed by atoms with E-state index in [1.807, 2.05) is 0 Å². The van der Waals surface area contributed by atoms with Crippen molar-refractivity contribution in [2.45, 2.75) is 115 Å². The van der Waals surface area contributed by atoms with Gasteiger partial charge < -0.3 is 10.6 Å². The summed E-state index contributed by atoms with van der Waals surface area (Å²) in [6.45, 7) is 18.8. The van der Waals surface area contributed by atoms with Gasteiger partial charge in [-0.2, -0.15) is 0 Å². The molecule has 1 aromatic rings. The number of rotatable bonds is 2. The second kappa shape index (κ2) is 6.34. The molecule has 2 heteroatoms. The van der Waals surface area contributed by atoms with E-state index in [4.69, 9.17) is 0 Å².